The molecule has 0 N–H and O–H groups in total. The lowest BCUT2D eigenvalue weighted by Gasteiger charge is -2.01. The molecule has 0 amide bonds. The average molecular weight is 268 g/mol. The Morgan fingerprint density at radius 3 is 2.72 bits per heavy atom. The van der Waals surface area contributed by atoms with Crippen LogP contribution in [0.4, 0.5) is 5.69 Å². The monoisotopic (exact) mass is 267 g/mol. The Morgan fingerprint density at radius 1 is 1.44 bits per heavy atom. The molecule has 94 valence electrons. The van der Waals surface area contributed by atoms with Gasteiger partial charge in [-0.2, -0.15) is 0 Å². The second-order valence-corrected chi connectivity index (χ2v) is 4.42. The maximum atomic E-state index is 10.8. The summed E-state index contributed by atoms with van der Waals surface area (Å²) < 4.78 is 5.37. The summed E-state index contributed by atoms with van der Waals surface area (Å²) in [6, 6.07) is 4.70. The van der Waals surface area contributed by atoms with Crippen LogP contribution in [0.1, 0.15) is 23.8 Å². The van der Waals surface area contributed by atoms with Gasteiger partial charge in [-0.05, 0) is 19.9 Å². The zero-order chi connectivity index (χ0) is 13.3. The number of halogens is 1. The summed E-state index contributed by atoms with van der Waals surface area (Å²) in [5, 5.41) is 18.1. The molecule has 0 bridgehead atoms. The third-order valence-electron chi connectivity index (χ3n) is 2.51. The molecule has 0 spiro atoms. The number of benzene rings is 1. The molecule has 1 unspecified atom stereocenters. The number of aromatic nitrogens is 2. The van der Waals surface area contributed by atoms with Crippen LogP contribution in [-0.2, 0) is 0 Å². The largest absolute Gasteiger partial charge is 0.419 e. The Kier molecular flexibility index (Phi) is 3.29. The molecule has 1 atom stereocenters. The first-order chi connectivity index (χ1) is 8.50. The fraction of sp³-hybridized carbons (Fsp3) is 0.273. The van der Waals surface area contributed by atoms with Gasteiger partial charge in [0.05, 0.1) is 4.92 Å². The van der Waals surface area contributed by atoms with Crippen molar-refractivity contribution in [2.75, 3.05) is 0 Å². The lowest BCUT2D eigenvalue weighted by molar-refractivity contribution is -0.385. The predicted molar refractivity (Wildman–Crippen MR) is 65.4 cm³/mol. The smallest absolute Gasteiger partial charge is 0.273 e. The lowest BCUT2D eigenvalue weighted by Crippen LogP contribution is -1.93. The molecular weight excluding hydrogens is 258 g/mol. The zero-order valence-corrected chi connectivity index (χ0v) is 10.5. The summed E-state index contributed by atoms with van der Waals surface area (Å²) in [6.07, 6.45) is 0. The van der Waals surface area contributed by atoms with Crippen molar-refractivity contribution in [3.05, 3.63) is 39.8 Å². The molecule has 7 heteroatoms. The molecule has 18 heavy (non-hydrogen) atoms. The average Bonchev–Trinajstić information content (AvgIpc) is 2.78. The van der Waals surface area contributed by atoms with Crippen molar-refractivity contribution < 1.29 is 9.34 Å². The number of alkyl halides is 1. The SMILES string of the molecule is Cc1c(-c2nnc(C(C)Cl)o2)cccc1[N+](=O)[O-]. The Bertz CT molecular complexity index is 595. The molecule has 0 aliphatic heterocycles. The van der Waals surface area contributed by atoms with Crippen molar-refractivity contribution in [1.82, 2.24) is 10.2 Å². The molecule has 2 rings (SSSR count). The van der Waals surface area contributed by atoms with Gasteiger partial charge in [-0.15, -0.1) is 21.8 Å². The summed E-state index contributed by atoms with van der Waals surface area (Å²) in [5.41, 5.74) is 1.05. The van der Waals surface area contributed by atoms with Crippen LogP contribution >= 0.6 is 11.6 Å². The Labute approximate surface area is 108 Å². The van der Waals surface area contributed by atoms with Crippen LogP contribution in [-0.4, -0.2) is 15.1 Å². The maximum Gasteiger partial charge on any atom is 0.273 e. The third kappa shape index (κ3) is 2.19. The molecule has 0 aliphatic carbocycles. The normalized spacial score (nSPS) is 12.4. The number of nitrogens with zero attached hydrogens (tertiary/aromatic N) is 3. The molecule has 1 aromatic carbocycles. The topological polar surface area (TPSA) is 82.1 Å². The Hall–Kier alpha value is -1.95. The second kappa shape index (κ2) is 4.73. The third-order valence-corrected chi connectivity index (χ3v) is 2.70. The number of nitro benzene ring substituents is 1. The van der Waals surface area contributed by atoms with E-state index in [1.807, 2.05) is 0 Å². The van der Waals surface area contributed by atoms with Crippen molar-refractivity contribution in [3.8, 4) is 11.5 Å². The Balaban J connectivity index is 2.50. The van der Waals surface area contributed by atoms with Gasteiger partial charge in [0.2, 0.25) is 11.8 Å². The van der Waals surface area contributed by atoms with Gasteiger partial charge in [0.25, 0.3) is 5.69 Å². The van der Waals surface area contributed by atoms with E-state index in [1.165, 1.54) is 6.07 Å². The minimum atomic E-state index is -0.444. The van der Waals surface area contributed by atoms with Crippen molar-refractivity contribution in [3.63, 3.8) is 0 Å². The van der Waals surface area contributed by atoms with Crippen LogP contribution < -0.4 is 0 Å². The van der Waals surface area contributed by atoms with E-state index < -0.39 is 10.3 Å². The first-order valence-corrected chi connectivity index (χ1v) is 5.66. The molecule has 6 nitrogen and oxygen atoms in total. The Morgan fingerprint density at radius 2 is 2.17 bits per heavy atom. The zero-order valence-electron chi connectivity index (χ0n) is 9.75. The molecule has 0 saturated heterocycles. The van der Waals surface area contributed by atoms with Crippen LogP contribution in [0.15, 0.2) is 22.6 Å². The maximum absolute atomic E-state index is 10.8. The molecule has 0 saturated carbocycles. The highest BCUT2D eigenvalue weighted by Gasteiger charge is 2.19. The van der Waals surface area contributed by atoms with Gasteiger partial charge in [0.15, 0.2) is 0 Å². The quantitative estimate of drug-likeness (QED) is 0.484. The van der Waals surface area contributed by atoms with E-state index in [1.54, 1.807) is 26.0 Å². The van der Waals surface area contributed by atoms with Crippen molar-refractivity contribution >= 4 is 17.3 Å². The van der Waals surface area contributed by atoms with Gasteiger partial charge in [0.1, 0.15) is 5.38 Å². The minimum absolute atomic E-state index is 0.0196. The van der Waals surface area contributed by atoms with Crippen LogP contribution in [0.25, 0.3) is 11.5 Å². The lowest BCUT2D eigenvalue weighted by atomic mass is 10.1. The summed E-state index contributed by atoms with van der Waals surface area (Å²) in [6.45, 7) is 3.35. The summed E-state index contributed by atoms with van der Waals surface area (Å²) in [4.78, 5) is 10.4. The molecule has 0 radical (unpaired) electrons. The summed E-state index contributed by atoms with van der Waals surface area (Å²) >= 11 is 5.82. The highest BCUT2D eigenvalue weighted by atomic mass is 35.5. The molecule has 1 heterocycles. The number of nitro groups is 1. The first-order valence-electron chi connectivity index (χ1n) is 5.22. The highest BCUT2D eigenvalue weighted by molar-refractivity contribution is 6.20. The van der Waals surface area contributed by atoms with Gasteiger partial charge < -0.3 is 4.42 Å². The van der Waals surface area contributed by atoms with Crippen LogP contribution in [0.5, 0.6) is 0 Å². The molecular formula is C11H10ClN3O3. The first kappa shape index (κ1) is 12.5. The van der Waals surface area contributed by atoms with E-state index in [4.69, 9.17) is 16.0 Å². The van der Waals surface area contributed by atoms with E-state index in [0.29, 0.717) is 11.1 Å². The van der Waals surface area contributed by atoms with Crippen LogP contribution in [0.2, 0.25) is 0 Å². The fourth-order valence-electron chi connectivity index (χ4n) is 1.56. The summed E-state index contributed by atoms with van der Waals surface area (Å²) in [7, 11) is 0. The molecule has 2 aromatic rings. The molecule has 0 aliphatic rings. The number of rotatable bonds is 3. The van der Waals surface area contributed by atoms with Gasteiger partial charge in [0, 0.05) is 17.2 Å². The van der Waals surface area contributed by atoms with E-state index in [0.717, 1.165) is 0 Å². The van der Waals surface area contributed by atoms with Crippen molar-refractivity contribution in [2.45, 2.75) is 19.2 Å². The van der Waals surface area contributed by atoms with Crippen molar-refractivity contribution in [2.24, 2.45) is 0 Å². The van der Waals surface area contributed by atoms with E-state index in [9.17, 15) is 10.1 Å². The number of hydrogen-bond acceptors (Lipinski definition) is 5. The van der Waals surface area contributed by atoms with E-state index >= 15 is 0 Å². The van der Waals surface area contributed by atoms with E-state index in [-0.39, 0.29) is 17.5 Å². The van der Waals surface area contributed by atoms with E-state index in [2.05, 4.69) is 10.2 Å². The van der Waals surface area contributed by atoms with Gasteiger partial charge in [-0.25, -0.2) is 0 Å². The van der Waals surface area contributed by atoms with Crippen LogP contribution in [0, 0.1) is 17.0 Å². The molecule has 1 aromatic heterocycles. The van der Waals surface area contributed by atoms with Gasteiger partial charge >= 0.3 is 0 Å². The molecule has 0 fully saturated rings. The fourth-order valence-corrected chi connectivity index (χ4v) is 1.65. The highest BCUT2D eigenvalue weighted by Crippen LogP contribution is 2.30. The second-order valence-electron chi connectivity index (χ2n) is 3.77. The minimum Gasteiger partial charge on any atom is -0.419 e. The number of hydrogen-bond donors (Lipinski definition) is 0. The summed E-state index contributed by atoms with van der Waals surface area (Å²) in [5.74, 6) is 0.524. The van der Waals surface area contributed by atoms with Crippen molar-refractivity contribution in [1.29, 1.82) is 0 Å². The van der Waals surface area contributed by atoms with Crippen LogP contribution in [0.3, 0.4) is 0 Å². The van der Waals surface area contributed by atoms with Gasteiger partial charge in [-0.1, -0.05) is 6.07 Å². The predicted octanol–water partition coefficient (Wildman–Crippen LogP) is 3.25. The van der Waals surface area contributed by atoms with Gasteiger partial charge in [-0.3, -0.25) is 10.1 Å². The standard InChI is InChI=1S/C11H10ClN3O3/c1-6-8(4-3-5-9(6)15(16)17)11-14-13-10(18-11)7(2)12/h3-5,7H,1-2H3.